The predicted molar refractivity (Wildman–Crippen MR) is 142 cm³/mol. The minimum Gasteiger partial charge on any atom is -0.321 e. The Kier molecular flexibility index (Phi) is 7.79. The minimum absolute atomic E-state index is 0.0809. The van der Waals surface area contributed by atoms with Gasteiger partial charge in [-0.25, -0.2) is 4.68 Å². The van der Waals surface area contributed by atoms with Crippen molar-refractivity contribution in [1.29, 1.82) is 5.26 Å². The second kappa shape index (κ2) is 11.3. The first-order chi connectivity index (χ1) is 19.9. The van der Waals surface area contributed by atoms with Crippen molar-refractivity contribution >= 4 is 11.6 Å². The Morgan fingerprint density at radius 2 is 1.62 bits per heavy atom. The molecule has 12 heteroatoms. The second-order valence-electron chi connectivity index (χ2n) is 9.97. The second-order valence-corrected chi connectivity index (χ2v) is 9.97. The summed E-state index contributed by atoms with van der Waals surface area (Å²) in [7, 11) is 0. The number of carbonyl (C=O) groups excluding carboxylic acids is 1. The van der Waals surface area contributed by atoms with E-state index in [9.17, 15) is 36.4 Å². The first-order valence-electron chi connectivity index (χ1n) is 12.9. The van der Waals surface area contributed by atoms with E-state index in [1.165, 1.54) is 36.4 Å². The summed E-state index contributed by atoms with van der Waals surface area (Å²) >= 11 is 0. The molecule has 1 aliphatic carbocycles. The molecule has 216 valence electrons. The van der Waals surface area contributed by atoms with Crippen LogP contribution in [0.15, 0.2) is 78.9 Å². The maximum Gasteiger partial charge on any atom is 0.435 e. The first kappa shape index (κ1) is 28.9. The van der Waals surface area contributed by atoms with Gasteiger partial charge in [0.05, 0.1) is 28.9 Å². The van der Waals surface area contributed by atoms with E-state index in [4.69, 9.17) is 0 Å². The largest absolute Gasteiger partial charge is 0.435 e. The molecule has 4 aromatic rings. The molecule has 1 heterocycles. The summed E-state index contributed by atoms with van der Waals surface area (Å²) in [5, 5.41) is 18.7. The lowest BCUT2D eigenvalue weighted by Crippen LogP contribution is -2.25. The average molecular weight is 584 g/mol. The molecule has 1 amide bonds. The third kappa shape index (κ3) is 6.63. The van der Waals surface area contributed by atoms with E-state index in [1.807, 2.05) is 6.07 Å². The van der Waals surface area contributed by atoms with E-state index in [1.54, 1.807) is 24.3 Å². The Morgan fingerprint density at radius 1 is 0.929 bits per heavy atom. The molecule has 1 aromatic heterocycles. The van der Waals surface area contributed by atoms with Crippen molar-refractivity contribution < 1.29 is 31.1 Å². The summed E-state index contributed by atoms with van der Waals surface area (Å²) in [5.74, 6) is -0.483. The molecule has 42 heavy (non-hydrogen) atoms. The Morgan fingerprint density at radius 3 is 2.29 bits per heavy atom. The topological polar surface area (TPSA) is 82.7 Å². The number of alkyl halides is 6. The normalized spacial score (nSPS) is 14.3. The van der Waals surface area contributed by atoms with Crippen LogP contribution in [0.25, 0.3) is 5.69 Å². The van der Waals surface area contributed by atoms with Gasteiger partial charge in [-0.1, -0.05) is 30.3 Å². The third-order valence-corrected chi connectivity index (χ3v) is 6.78. The molecule has 0 spiro atoms. The van der Waals surface area contributed by atoms with Crippen LogP contribution in [-0.4, -0.2) is 22.2 Å². The molecule has 1 atom stereocenters. The number of nitriles is 1. The standard InChI is InChI=1S/C30H23F6N5O/c31-29(32,33)22-7-2-5-20(13-22)27(38-17-18-10-11-18)21-6-3-8-23(14-21)39-28(42)25-15-26(30(34,35)36)40-41(25)24-9-1-4-19(12-24)16-37/h1-9,12-15,18,27,38H,10-11,17H2,(H,39,42). The van der Waals surface area contributed by atoms with Crippen LogP contribution in [0.5, 0.6) is 0 Å². The molecule has 0 saturated heterocycles. The van der Waals surface area contributed by atoms with E-state index in [0.717, 1.165) is 29.7 Å². The van der Waals surface area contributed by atoms with Crippen LogP contribution in [0.4, 0.5) is 32.0 Å². The summed E-state index contributed by atoms with van der Waals surface area (Å²) in [6, 6.07) is 18.8. The van der Waals surface area contributed by atoms with Gasteiger partial charge in [0.25, 0.3) is 5.91 Å². The van der Waals surface area contributed by atoms with Crippen LogP contribution < -0.4 is 10.6 Å². The van der Waals surface area contributed by atoms with Gasteiger partial charge in [0.15, 0.2) is 5.69 Å². The van der Waals surface area contributed by atoms with Gasteiger partial charge in [-0.2, -0.15) is 36.7 Å². The van der Waals surface area contributed by atoms with Gasteiger partial charge < -0.3 is 10.6 Å². The third-order valence-electron chi connectivity index (χ3n) is 6.78. The number of amides is 1. The van der Waals surface area contributed by atoms with E-state index in [0.29, 0.717) is 29.7 Å². The number of nitrogens with zero attached hydrogens (tertiary/aromatic N) is 3. The van der Waals surface area contributed by atoms with Crippen LogP contribution in [-0.2, 0) is 12.4 Å². The molecular formula is C30H23F6N5O. The van der Waals surface area contributed by atoms with Crippen molar-refractivity contribution in [1.82, 2.24) is 15.1 Å². The molecular weight excluding hydrogens is 560 g/mol. The zero-order valence-corrected chi connectivity index (χ0v) is 21.8. The Labute approximate surface area is 236 Å². The number of carbonyl (C=O) groups is 1. The summed E-state index contributed by atoms with van der Waals surface area (Å²) in [4.78, 5) is 13.3. The zero-order chi connectivity index (χ0) is 30.1. The van der Waals surface area contributed by atoms with Crippen molar-refractivity contribution in [2.45, 2.75) is 31.2 Å². The van der Waals surface area contributed by atoms with E-state index >= 15 is 0 Å². The van der Waals surface area contributed by atoms with Gasteiger partial charge in [-0.05, 0) is 78.9 Å². The van der Waals surface area contributed by atoms with Crippen LogP contribution in [0.2, 0.25) is 0 Å². The van der Waals surface area contributed by atoms with Crippen molar-refractivity contribution in [3.63, 3.8) is 0 Å². The lowest BCUT2D eigenvalue weighted by molar-refractivity contribution is -0.141. The molecule has 1 fully saturated rings. The number of aromatic nitrogens is 2. The van der Waals surface area contributed by atoms with Crippen LogP contribution in [0.1, 0.15) is 57.3 Å². The lowest BCUT2D eigenvalue weighted by atomic mass is 9.96. The van der Waals surface area contributed by atoms with Gasteiger partial charge in [-0.15, -0.1) is 0 Å². The van der Waals surface area contributed by atoms with Crippen molar-refractivity contribution in [2.24, 2.45) is 5.92 Å². The average Bonchev–Trinajstić information content (AvgIpc) is 3.66. The molecule has 1 aliphatic rings. The first-order valence-corrected chi connectivity index (χ1v) is 12.9. The Balaban J connectivity index is 1.47. The highest BCUT2D eigenvalue weighted by Gasteiger charge is 2.36. The fraction of sp³-hybridized carbons (Fsp3) is 0.233. The number of hydrogen-bond donors (Lipinski definition) is 2. The molecule has 3 aromatic carbocycles. The summed E-state index contributed by atoms with van der Waals surface area (Å²) in [6.45, 7) is 0.582. The Hall–Kier alpha value is -4.63. The van der Waals surface area contributed by atoms with Crippen LogP contribution >= 0.6 is 0 Å². The number of hydrogen-bond acceptors (Lipinski definition) is 4. The number of nitrogens with one attached hydrogen (secondary N) is 2. The summed E-state index contributed by atoms with van der Waals surface area (Å²) in [5.41, 5.74) is -1.13. The molecule has 0 bridgehead atoms. The van der Waals surface area contributed by atoms with Crippen LogP contribution in [0.3, 0.4) is 0 Å². The van der Waals surface area contributed by atoms with Gasteiger partial charge in [0.1, 0.15) is 5.69 Å². The van der Waals surface area contributed by atoms with E-state index in [-0.39, 0.29) is 16.9 Å². The number of benzene rings is 3. The highest BCUT2D eigenvalue weighted by atomic mass is 19.4. The molecule has 0 radical (unpaired) electrons. The molecule has 1 unspecified atom stereocenters. The predicted octanol–water partition coefficient (Wildman–Crippen LogP) is 7.12. The van der Waals surface area contributed by atoms with E-state index in [2.05, 4.69) is 15.7 Å². The fourth-order valence-corrected chi connectivity index (χ4v) is 4.51. The smallest absolute Gasteiger partial charge is 0.321 e. The molecule has 2 N–H and O–H groups in total. The zero-order valence-electron chi connectivity index (χ0n) is 21.8. The molecule has 5 rings (SSSR count). The molecule has 1 saturated carbocycles. The highest BCUT2D eigenvalue weighted by molar-refractivity contribution is 6.03. The van der Waals surface area contributed by atoms with Gasteiger partial charge in [-0.3, -0.25) is 4.79 Å². The van der Waals surface area contributed by atoms with Gasteiger partial charge in [0.2, 0.25) is 0 Å². The lowest BCUT2D eigenvalue weighted by Gasteiger charge is -2.22. The minimum atomic E-state index is -4.83. The van der Waals surface area contributed by atoms with Gasteiger partial charge >= 0.3 is 12.4 Å². The summed E-state index contributed by atoms with van der Waals surface area (Å²) < 4.78 is 81.7. The quantitative estimate of drug-likeness (QED) is 0.217. The maximum absolute atomic E-state index is 13.5. The van der Waals surface area contributed by atoms with Gasteiger partial charge in [0, 0.05) is 11.8 Å². The number of rotatable bonds is 8. The fourth-order valence-electron chi connectivity index (χ4n) is 4.51. The molecule has 0 aliphatic heterocycles. The van der Waals surface area contributed by atoms with Crippen molar-refractivity contribution in [3.8, 4) is 11.8 Å². The molecule has 6 nitrogen and oxygen atoms in total. The number of halogens is 6. The SMILES string of the molecule is N#Cc1cccc(-n2nc(C(F)(F)F)cc2C(=O)Nc2cccc(C(NCC3CC3)c3cccc(C(F)(F)F)c3)c2)c1. The number of anilines is 1. The summed E-state index contributed by atoms with van der Waals surface area (Å²) in [6.07, 6.45) is -7.33. The maximum atomic E-state index is 13.5. The van der Waals surface area contributed by atoms with Crippen LogP contribution in [0, 0.1) is 17.2 Å². The van der Waals surface area contributed by atoms with Crippen molar-refractivity contribution in [2.75, 3.05) is 11.9 Å². The van der Waals surface area contributed by atoms with Crippen molar-refractivity contribution in [3.05, 3.63) is 113 Å². The highest BCUT2D eigenvalue weighted by Crippen LogP contribution is 2.35. The monoisotopic (exact) mass is 583 g/mol. The Bertz CT molecular complexity index is 1650. The van der Waals surface area contributed by atoms with E-state index < -0.39 is 41.3 Å².